The summed E-state index contributed by atoms with van der Waals surface area (Å²) in [4.78, 5) is 99.6. The van der Waals surface area contributed by atoms with Crippen LogP contribution in [-0.4, -0.2) is 128 Å². The molecule has 0 radical (unpaired) electrons. The molecule has 6 rings (SSSR count). The Kier molecular flexibility index (Phi) is 17.0. The van der Waals surface area contributed by atoms with Crippen molar-refractivity contribution in [3.8, 4) is 5.75 Å². The Morgan fingerprint density at radius 3 is 2.46 bits per heavy atom. The molecule has 0 saturated carbocycles. The van der Waals surface area contributed by atoms with Crippen molar-refractivity contribution in [2.75, 3.05) is 30.4 Å². The molecular formula is C37H49N9O18P2S2. The summed E-state index contributed by atoms with van der Waals surface area (Å²) in [5.41, 5.74) is 10.4. The fourth-order valence-electron chi connectivity index (χ4n) is 6.73. The number of carbonyl (C=O) groups excluding carboxylic acids is 3. The largest absolute Gasteiger partial charge is 0.472 e. The third-order valence-corrected chi connectivity index (χ3v) is 13.6. The van der Waals surface area contributed by atoms with Crippen LogP contribution in [0.2, 0.25) is 0 Å². The van der Waals surface area contributed by atoms with Crippen molar-refractivity contribution in [1.82, 2.24) is 34.4 Å². The van der Waals surface area contributed by atoms with Gasteiger partial charge in [-0.2, -0.15) is 4.98 Å². The molecular weight excluding hydrogens is 985 g/mol. The molecule has 68 heavy (non-hydrogen) atoms. The summed E-state index contributed by atoms with van der Waals surface area (Å²) >= 11 is 0. The van der Waals surface area contributed by atoms with Crippen LogP contribution < -0.4 is 27.2 Å². The molecule has 31 heteroatoms. The number of phosphoric ester groups is 2. The van der Waals surface area contributed by atoms with Crippen LogP contribution in [0.1, 0.15) is 58.6 Å². The average Bonchev–Trinajstić information content (AvgIpc) is 3.93. The predicted octanol–water partition coefficient (Wildman–Crippen LogP) is 2.27. The fourth-order valence-corrected chi connectivity index (χ4v) is 9.81. The number of aliphatic hydroxyl groups is 1. The predicted molar refractivity (Wildman–Crippen MR) is 238 cm³/mol. The molecule has 1 aromatic carbocycles. The topological polar surface area (TPSA) is 383 Å². The highest BCUT2D eigenvalue weighted by Gasteiger charge is 2.50. The van der Waals surface area contributed by atoms with Crippen molar-refractivity contribution in [3.05, 3.63) is 59.2 Å². The molecule has 27 nitrogen and oxygen atoms in total. The van der Waals surface area contributed by atoms with Crippen LogP contribution in [0.3, 0.4) is 0 Å². The molecule has 2 saturated heterocycles. The maximum Gasteiger partial charge on any atom is 0.472 e. The van der Waals surface area contributed by atoms with Crippen LogP contribution >= 0.6 is 37.2 Å². The summed E-state index contributed by atoms with van der Waals surface area (Å²) in [5, 5.41) is 14.1. The van der Waals surface area contributed by atoms with E-state index in [0.717, 1.165) is 16.6 Å². The van der Waals surface area contributed by atoms with Gasteiger partial charge in [-0.1, -0.05) is 40.6 Å². The summed E-state index contributed by atoms with van der Waals surface area (Å²) in [6.45, 7) is 6.47. The van der Waals surface area contributed by atoms with E-state index in [9.17, 15) is 48.1 Å². The fraction of sp³-hybridized carbons (Fsp3) is 0.514. The van der Waals surface area contributed by atoms with E-state index >= 15 is 0 Å². The van der Waals surface area contributed by atoms with Gasteiger partial charge >= 0.3 is 39.4 Å². The number of carbonyl (C=O) groups is 3. The Bertz CT molecular complexity index is 2630. The molecule has 2 aliphatic rings. The van der Waals surface area contributed by atoms with Crippen LogP contribution in [0.15, 0.2) is 52.8 Å². The normalized spacial score (nSPS) is 23.2. The van der Waals surface area contributed by atoms with Crippen LogP contribution in [0.25, 0.3) is 11.2 Å². The Hall–Kier alpha value is -4.74. The molecule has 9 N–H and O–H groups in total. The molecule has 0 aliphatic carbocycles. The highest BCUT2D eigenvalue weighted by Crippen LogP contribution is 2.50. The maximum atomic E-state index is 14.2. The third kappa shape index (κ3) is 13.7. The summed E-state index contributed by atoms with van der Waals surface area (Å²) in [6.07, 6.45) is -9.96. The quantitative estimate of drug-likeness (QED) is 0.0306. The van der Waals surface area contributed by atoms with Crippen LogP contribution in [0.5, 0.6) is 5.75 Å². The minimum atomic E-state index is -5.31. The summed E-state index contributed by atoms with van der Waals surface area (Å²) in [6, 6.07) is 4.67. The number of imidazole rings is 1. The first-order valence-electron chi connectivity index (χ1n) is 20.3. The molecule has 372 valence electrons. The summed E-state index contributed by atoms with van der Waals surface area (Å²) in [7, 11) is -7.57. The van der Waals surface area contributed by atoms with Gasteiger partial charge < -0.3 is 60.3 Å². The lowest BCUT2D eigenvalue weighted by Gasteiger charge is -2.26. The van der Waals surface area contributed by atoms with Crippen molar-refractivity contribution in [1.29, 1.82) is 0 Å². The Morgan fingerprint density at radius 2 is 1.76 bits per heavy atom. The van der Waals surface area contributed by atoms with Gasteiger partial charge in [0.25, 0.3) is 0 Å². The number of para-hydroxylation sites is 1. The van der Waals surface area contributed by atoms with Gasteiger partial charge in [0.1, 0.15) is 65.7 Å². The monoisotopic (exact) mass is 1030 g/mol. The van der Waals surface area contributed by atoms with E-state index < -0.39 is 114 Å². The van der Waals surface area contributed by atoms with Gasteiger partial charge in [0.05, 0.1) is 30.9 Å². The Labute approximate surface area is 394 Å². The molecule has 0 bridgehead atoms. The average molecular weight is 1030 g/mol. The number of hydrogen-bond acceptors (Lipinski definition) is 23. The highest BCUT2D eigenvalue weighted by molar-refractivity contribution is 8.76. The van der Waals surface area contributed by atoms with E-state index in [4.69, 9.17) is 44.2 Å². The zero-order valence-electron chi connectivity index (χ0n) is 36.7. The first kappa shape index (κ1) is 52.6. The molecule has 9 atom stereocenters. The number of fused-ring (bicyclic) bond motifs is 1. The van der Waals surface area contributed by atoms with Gasteiger partial charge in [-0.15, -0.1) is 0 Å². The van der Waals surface area contributed by atoms with Crippen LogP contribution in [0.4, 0.5) is 16.4 Å². The first-order chi connectivity index (χ1) is 31.9. The number of aliphatic hydroxyl groups excluding tert-OH is 1. The molecule has 2 fully saturated rings. The lowest BCUT2D eigenvalue weighted by Crippen LogP contribution is -2.48. The number of benzene rings is 1. The zero-order chi connectivity index (χ0) is 49.7. The molecule has 0 spiro atoms. The maximum absolute atomic E-state index is 14.2. The van der Waals surface area contributed by atoms with Crippen molar-refractivity contribution >= 4 is 78.1 Å². The Morgan fingerprint density at radius 1 is 1.03 bits per heavy atom. The lowest BCUT2D eigenvalue weighted by molar-refractivity contribution is -0.161. The van der Waals surface area contributed by atoms with Gasteiger partial charge in [-0.05, 0) is 45.4 Å². The number of alkyl carbamates (subject to hydrolysis) is 1. The number of nitrogens with two attached hydrogens (primary N) is 2. The number of anilines is 2. The zero-order valence-corrected chi connectivity index (χ0v) is 40.2. The molecule has 2 aliphatic heterocycles. The first-order valence-corrected chi connectivity index (χ1v) is 25.7. The van der Waals surface area contributed by atoms with Crippen LogP contribution in [0, 0.1) is 6.92 Å². The van der Waals surface area contributed by atoms with E-state index in [1.165, 1.54) is 44.7 Å². The third-order valence-electron chi connectivity index (χ3n) is 9.65. The number of aromatic nitrogens is 6. The number of rotatable bonds is 19. The van der Waals surface area contributed by atoms with E-state index in [1.807, 2.05) is 6.92 Å². The number of esters is 2. The molecule has 4 aromatic rings. The van der Waals surface area contributed by atoms with Crippen molar-refractivity contribution < 1.29 is 80.6 Å². The molecule has 2 unspecified atom stereocenters. The van der Waals surface area contributed by atoms with Crippen LogP contribution in [-0.2, 0) is 51.2 Å². The van der Waals surface area contributed by atoms with E-state index in [-0.39, 0.29) is 35.0 Å². The van der Waals surface area contributed by atoms with Gasteiger partial charge in [0.2, 0.25) is 0 Å². The second-order valence-corrected chi connectivity index (χ2v) is 21.2. The smallest absolute Gasteiger partial charge is 0.455 e. The van der Waals surface area contributed by atoms with Gasteiger partial charge in [-0.25, -0.2) is 38.5 Å². The minimum absolute atomic E-state index is 0.0360. The SMILES string of the molecule is CCSSc1cccc(C)c1OC(=O)CC(NC(=O)OC(C)(C)C)C(=O)O[C@H]1[C@@H](O)[C@H](n2cnc3c(N)ncnc32)O[C@H]1COP(=O)(O)O[C@H]1C[C@H](n2ccc(N)nc2=O)O[C@@H]1COP(=O)(O)O. The number of aryl methyl sites for hydroxylation is 1. The molecule has 1 amide bonds. The number of phosphoric acid groups is 2. The van der Waals surface area contributed by atoms with E-state index in [0.29, 0.717) is 10.5 Å². The number of nitrogen functional groups attached to an aromatic ring is 2. The van der Waals surface area contributed by atoms with E-state index in [1.54, 1.807) is 45.9 Å². The number of nitrogens with zero attached hydrogens (tertiary/aromatic N) is 6. The summed E-state index contributed by atoms with van der Waals surface area (Å²) < 4.78 is 71.3. The number of nitrogens with one attached hydrogen (secondary N) is 1. The number of hydrogen-bond donors (Lipinski definition) is 7. The van der Waals surface area contributed by atoms with Gasteiger partial charge in [0, 0.05) is 18.4 Å². The highest BCUT2D eigenvalue weighted by atomic mass is 33.1. The number of amides is 1. The van der Waals surface area contributed by atoms with Crippen molar-refractivity contribution in [3.63, 3.8) is 0 Å². The lowest BCUT2D eigenvalue weighted by atomic mass is 10.1. The van der Waals surface area contributed by atoms with Gasteiger partial charge in [0.15, 0.2) is 23.8 Å². The van der Waals surface area contributed by atoms with Crippen molar-refractivity contribution in [2.45, 2.75) is 107 Å². The second kappa shape index (κ2) is 21.9. The van der Waals surface area contributed by atoms with E-state index in [2.05, 4.69) is 29.8 Å². The summed E-state index contributed by atoms with van der Waals surface area (Å²) in [5.74, 6) is -1.48. The standard InChI is InChI=1S/C37H49N9O18P2S2/c1-6-67-68-23-9-7-8-18(2)29(23)61-26(47)12-19(43-36(51)63-37(3,4)5)34(49)62-30-22(60-33(28(30)48)46-17-42-27-31(39)40-16-41-32(27)46)15-58-66(55,56)64-20-13-25(45-11-10-24(38)44-35(45)50)59-21(20)14-57-65(52,53)54/h7-11,16-17,19-22,25,28,30,33,48H,6,12-15H2,1-5H3,(H,43,51)(H,55,56)(H2,38,44,50)(H2,39,40,41)(H2,52,53,54)/t19?,20-,21+,22-,25+,28+,30+,33+/m0/s1. The van der Waals surface area contributed by atoms with Gasteiger partial charge in [-0.3, -0.25) is 27.5 Å². The van der Waals surface area contributed by atoms with Crippen molar-refractivity contribution in [2.24, 2.45) is 0 Å². The minimum Gasteiger partial charge on any atom is -0.455 e. The molecule has 3 aromatic heterocycles. The number of ether oxygens (including phenoxy) is 5. The second-order valence-electron chi connectivity index (χ2n) is 15.9. The Balaban J connectivity index is 1.25. The molecule has 5 heterocycles.